The number of carboxylic acid groups (broad SMARTS) is 1. The molecule has 1 atom stereocenters. The number of carboxylic acids is 1. The molecule has 0 saturated carbocycles. The van der Waals surface area contributed by atoms with Crippen molar-refractivity contribution < 1.29 is 19.4 Å². The largest absolute Gasteiger partial charge is 0.480 e. The van der Waals surface area contributed by atoms with Crippen LogP contribution in [0.5, 0.6) is 0 Å². The first kappa shape index (κ1) is 14.0. The highest BCUT2D eigenvalue weighted by atomic mass is 35.5. The van der Waals surface area contributed by atoms with Crippen LogP contribution in [0.1, 0.15) is 20.8 Å². The molecule has 0 spiro atoms. The summed E-state index contributed by atoms with van der Waals surface area (Å²) in [7, 11) is 0. The third kappa shape index (κ3) is 6.98. The molecule has 0 aromatic rings. The average molecular weight is 239 g/mol. The Balaban J connectivity index is 4.18. The van der Waals surface area contributed by atoms with Crippen LogP contribution < -0.4 is 10.2 Å². The SMILES string of the molecule is CC(C)(C)OC(=O)N[C@@H](CNCl)C(=O)O. The van der Waals surface area contributed by atoms with Gasteiger partial charge in [-0.15, -0.1) is 0 Å². The predicted octanol–water partition coefficient (Wildman–Crippen LogP) is 0.708. The van der Waals surface area contributed by atoms with Gasteiger partial charge in [0.05, 0.1) is 0 Å². The topological polar surface area (TPSA) is 87.7 Å². The van der Waals surface area contributed by atoms with Crippen LogP contribution in [0.25, 0.3) is 0 Å². The molecule has 0 heterocycles. The van der Waals surface area contributed by atoms with E-state index in [-0.39, 0.29) is 6.54 Å². The maximum atomic E-state index is 11.2. The van der Waals surface area contributed by atoms with Crippen molar-refractivity contribution in [2.75, 3.05) is 6.54 Å². The minimum Gasteiger partial charge on any atom is -0.480 e. The van der Waals surface area contributed by atoms with E-state index in [1.165, 1.54) is 0 Å². The molecule has 0 aromatic heterocycles. The fourth-order valence-electron chi connectivity index (χ4n) is 0.727. The van der Waals surface area contributed by atoms with Crippen molar-refractivity contribution in [2.24, 2.45) is 0 Å². The first-order chi connectivity index (χ1) is 6.76. The number of carbonyl (C=O) groups excluding carboxylic acids is 1. The van der Waals surface area contributed by atoms with Crippen LogP contribution in [0, 0.1) is 0 Å². The van der Waals surface area contributed by atoms with Crippen LogP contribution in [0.2, 0.25) is 0 Å². The standard InChI is InChI=1S/C8H15ClN2O4/c1-8(2,3)15-7(14)11-5(4-10-9)6(12)13/h5,10H,4H2,1-3H3,(H,11,14)(H,12,13)/t5-/m0/s1. The Hall–Kier alpha value is -1.01. The van der Waals surface area contributed by atoms with E-state index in [4.69, 9.17) is 21.6 Å². The van der Waals surface area contributed by atoms with E-state index < -0.39 is 23.7 Å². The van der Waals surface area contributed by atoms with Crippen LogP contribution in [0.4, 0.5) is 4.79 Å². The maximum absolute atomic E-state index is 11.2. The highest BCUT2D eigenvalue weighted by Gasteiger charge is 2.23. The molecule has 0 rings (SSSR count). The first-order valence-electron chi connectivity index (χ1n) is 4.32. The van der Waals surface area contributed by atoms with Gasteiger partial charge in [-0.2, -0.15) is 0 Å². The van der Waals surface area contributed by atoms with Crippen molar-refractivity contribution in [2.45, 2.75) is 32.4 Å². The Labute approximate surface area is 93.0 Å². The van der Waals surface area contributed by atoms with Gasteiger partial charge in [0.1, 0.15) is 11.6 Å². The van der Waals surface area contributed by atoms with Gasteiger partial charge in [0.15, 0.2) is 0 Å². The molecule has 3 N–H and O–H groups in total. The van der Waals surface area contributed by atoms with Crippen molar-refractivity contribution in [3.8, 4) is 0 Å². The van der Waals surface area contributed by atoms with Crippen LogP contribution in [0.3, 0.4) is 0 Å². The van der Waals surface area contributed by atoms with E-state index in [1.54, 1.807) is 20.8 Å². The molecule has 0 aliphatic carbocycles. The molecule has 0 saturated heterocycles. The van der Waals surface area contributed by atoms with Crippen molar-refractivity contribution >= 4 is 23.8 Å². The second-order valence-electron chi connectivity index (χ2n) is 3.87. The summed E-state index contributed by atoms with van der Waals surface area (Å²) in [6.07, 6.45) is -0.790. The van der Waals surface area contributed by atoms with E-state index in [1.807, 2.05) is 0 Å². The molecule has 7 heteroatoms. The molecule has 0 aliphatic rings. The van der Waals surface area contributed by atoms with E-state index in [2.05, 4.69) is 10.2 Å². The Bertz CT molecular complexity index is 239. The molecule has 0 bridgehead atoms. The third-order valence-corrected chi connectivity index (χ3v) is 1.42. The lowest BCUT2D eigenvalue weighted by molar-refractivity contribution is -0.139. The van der Waals surface area contributed by atoms with E-state index in [0.717, 1.165) is 0 Å². The van der Waals surface area contributed by atoms with Gasteiger partial charge >= 0.3 is 12.1 Å². The first-order valence-corrected chi connectivity index (χ1v) is 4.70. The summed E-state index contributed by atoms with van der Waals surface area (Å²) in [5.41, 5.74) is -0.665. The van der Waals surface area contributed by atoms with E-state index in [0.29, 0.717) is 0 Å². The summed E-state index contributed by atoms with van der Waals surface area (Å²) in [5.74, 6) is -1.19. The summed E-state index contributed by atoms with van der Waals surface area (Å²) in [6.45, 7) is 4.96. The summed E-state index contributed by atoms with van der Waals surface area (Å²) in [4.78, 5) is 23.9. The number of amides is 1. The lowest BCUT2D eigenvalue weighted by Crippen LogP contribution is -2.47. The van der Waals surface area contributed by atoms with Crippen molar-refractivity contribution in [1.82, 2.24) is 10.2 Å². The van der Waals surface area contributed by atoms with Gasteiger partial charge in [0.25, 0.3) is 0 Å². The number of hydrogen-bond donors (Lipinski definition) is 3. The molecule has 88 valence electrons. The fraction of sp³-hybridized carbons (Fsp3) is 0.750. The van der Waals surface area contributed by atoms with Gasteiger partial charge in [0.2, 0.25) is 0 Å². The van der Waals surface area contributed by atoms with Gasteiger partial charge in [-0.3, -0.25) is 0 Å². The third-order valence-electron chi connectivity index (χ3n) is 1.27. The summed E-state index contributed by atoms with van der Waals surface area (Å²) in [5, 5.41) is 10.8. The summed E-state index contributed by atoms with van der Waals surface area (Å²) < 4.78 is 4.88. The molecular weight excluding hydrogens is 224 g/mol. The Morgan fingerprint density at radius 1 is 1.47 bits per heavy atom. The van der Waals surface area contributed by atoms with Gasteiger partial charge in [-0.25, -0.2) is 14.4 Å². The average Bonchev–Trinajstić information content (AvgIpc) is 1.99. The normalized spacial score (nSPS) is 13.1. The van der Waals surface area contributed by atoms with Gasteiger partial charge in [-0.1, -0.05) is 0 Å². The number of aliphatic carboxylic acids is 1. The minimum atomic E-state index is -1.19. The van der Waals surface area contributed by atoms with Crippen LogP contribution >= 0.6 is 11.8 Å². The quantitative estimate of drug-likeness (QED) is 0.628. The number of ether oxygens (including phenoxy) is 1. The summed E-state index contributed by atoms with van der Waals surface area (Å²) in [6, 6.07) is -1.11. The second kappa shape index (κ2) is 5.77. The number of alkyl carbamates (subject to hydrolysis) is 1. The zero-order valence-electron chi connectivity index (χ0n) is 8.83. The van der Waals surface area contributed by atoms with E-state index >= 15 is 0 Å². The van der Waals surface area contributed by atoms with Crippen LogP contribution in [0.15, 0.2) is 0 Å². The Kier molecular flexibility index (Phi) is 5.38. The maximum Gasteiger partial charge on any atom is 0.408 e. The Morgan fingerprint density at radius 3 is 2.33 bits per heavy atom. The number of carbonyl (C=O) groups is 2. The molecule has 0 unspecified atom stereocenters. The predicted molar refractivity (Wildman–Crippen MR) is 54.6 cm³/mol. The molecule has 0 fully saturated rings. The molecular formula is C8H15ClN2O4. The van der Waals surface area contributed by atoms with Gasteiger partial charge in [-0.05, 0) is 32.5 Å². The van der Waals surface area contributed by atoms with Crippen LogP contribution in [-0.4, -0.2) is 35.4 Å². The highest BCUT2D eigenvalue weighted by molar-refractivity contribution is 6.13. The summed E-state index contributed by atoms with van der Waals surface area (Å²) >= 11 is 5.15. The number of halogens is 1. The second-order valence-corrected chi connectivity index (χ2v) is 4.14. The molecule has 15 heavy (non-hydrogen) atoms. The smallest absolute Gasteiger partial charge is 0.408 e. The highest BCUT2D eigenvalue weighted by Crippen LogP contribution is 2.06. The zero-order chi connectivity index (χ0) is 12.1. The minimum absolute atomic E-state index is 0.0872. The van der Waals surface area contributed by atoms with Gasteiger partial charge < -0.3 is 15.2 Å². The van der Waals surface area contributed by atoms with Crippen molar-refractivity contribution in [3.63, 3.8) is 0 Å². The monoisotopic (exact) mass is 238 g/mol. The number of rotatable bonds is 4. The van der Waals surface area contributed by atoms with Crippen LogP contribution in [-0.2, 0) is 9.53 Å². The molecule has 6 nitrogen and oxygen atoms in total. The lowest BCUT2D eigenvalue weighted by Gasteiger charge is -2.21. The zero-order valence-corrected chi connectivity index (χ0v) is 9.59. The fourth-order valence-corrected chi connectivity index (χ4v) is 0.881. The molecule has 0 aromatic carbocycles. The van der Waals surface area contributed by atoms with Gasteiger partial charge in [0, 0.05) is 6.54 Å². The van der Waals surface area contributed by atoms with E-state index in [9.17, 15) is 9.59 Å². The number of nitrogens with one attached hydrogen (secondary N) is 2. The Morgan fingerprint density at radius 2 is 2.00 bits per heavy atom. The van der Waals surface area contributed by atoms with Crippen molar-refractivity contribution in [1.29, 1.82) is 0 Å². The molecule has 1 amide bonds. The van der Waals surface area contributed by atoms with Crippen molar-refractivity contribution in [3.05, 3.63) is 0 Å². The molecule has 0 radical (unpaired) electrons. The molecule has 0 aliphatic heterocycles. The number of hydrogen-bond acceptors (Lipinski definition) is 4. The lowest BCUT2D eigenvalue weighted by atomic mass is 10.2.